The highest BCUT2D eigenvalue weighted by atomic mass is 32.2. The van der Waals surface area contributed by atoms with E-state index in [4.69, 9.17) is 0 Å². The van der Waals surface area contributed by atoms with Crippen molar-refractivity contribution >= 4 is 15.7 Å². The molecule has 0 spiro atoms. The van der Waals surface area contributed by atoms with Crippen LogP contribution in [0.3, 0.4) is 0 Å². The number of nitrogens with zero attached hydrogens (tertiary/aromatic N) is 2. The predicted octanol–water partition coefficient (Wildman–Crippen LogP) is 1.19. The van der Waals surface area contributed by atoms with E-state index in [-0.39, 0.29) is 16.6 Å². The SMILES string of the molecule is CNC1CCN(S(=O)(=O)c2cc(C)c(C)cc2[N+](=O)[O-])C1. The van der Waals surface area contributed by atoms with Crippen molar-refractivity contribution in [3.05, 3.63) is 33.4 Å². The van der Waals surface area contributed by atoms with E-state index in [2.05, 4.69) is 5.32 Å². The number of sulfonamides is 1. The van der Waals surface area contributed by atoms with Crippen LogP contribution < -0.4 is 5.32 Å². The van der Waals surface area contributed by atoms with Gasteiger partial charge in [-0.05, 0) is 44.5 Å². The average molecular weight is 313 g/mol. The molecule has 21 heavy (non-hydrogen) atoms. The quantitative estimate of drug-likeness (QED) is 0.666. The molecule has 1 heterocycles. The zero-order valence-electron chi connectivity index (χ0n) is 12.3. The molecule has 1 aliphatic heterocycles. The standard InChI is InChI=1S/C13H19N3O4S/c1-9-6-12(16(17)18)13(7-10(9)2)21(19,20)15-5-4-11(8-15)14-3/h6-7,11,14H,4-5,8H2,1-3H3. The maximum absolute atomic E-state index is 12.7. The van der Waals surface area contributed by atoms with Crippen molar-refractivity contribution in [2.24, 2.45) is 0 Å². The lowest BCUT2D eigenvalue weighted by molar-refractivity contribution is -0.387. The topological polar surface area (TPSA) is 92.6 Å². The Kier molecular flexibility index (Phi) is 4.31. The second-order valence-electron chi connectivity index (χ2n) is 5.30. The summed E-state index contributed by atoms with van der Waals surface area (Å²) in [6.07, 6.45) is 0.703. The Morgan fingerprint density at radius 3 is 2.48 bits per heavy atom. The molecular weight excluding hydrogens is 294 g/mol. The largest absolute Gasteiger partial charge is 0.316 e. The van der Waals surface area contributed by atoms with Crippen molar-refractivity contribution in [2.75, 3.05) is 20.1 Å². The van der Waals surface area contributed by atoms with Crippen molar-refractivity contribution in [3.8, 4) is 0 Å². The van der Waals surface area contributed by atoms with Crippen LogP contribution in [0.1, 0.15) is 17.5 Å². The van der Waals surface area contributed by atoms with Gasteiger partial charge in [-0.15, -0.1) is 0 Å². The highest BCUT2D eigenvalue weighted by molar-refractivity contribution is 7.89. The molecule has 7 nitrogen and oxygen atoms in total. The summed E-state index contributed by atoms with van der Waals surface area (Å²) in [7, 11) is -2.07. The third-order valence-electron chi connectivity index (χ3n) is 3.95. The van der Waals surface area contributed by atoms with Gasteiger partial charge >= 0.3 is 0 Å². The first-order valence-corrected chi connectivity index (χ1v) is 8.14. The zero-order chi connectivity index (χ0) is 15.8. The van der Waals surface area contributed by atoms with Crippen molar-refractivity contribution in [3.63, 3.8) is 0 Å². The third-order valence-corrected chi connectivity index (χ3v) is 5.84. The number of hydrogen-bond acceptors (Lipinski definition) is 5. The lowest BCUT2D eigenvalue weighted by atomic mass is 10.1. The van der Waals surface area contributed by atoms with E-state index in [9.17, 15) is 18.5 Å². The van der Waals surface area contributed by atoms with Gasteiger partial charge in [-0.1, -0.05) is 0 Å². The van der Waals surface area contributed by atoms with E-state index < -0.39 is 14.9 Å². The van der Waals surface area contributed by atoms with Gasteiger partial charge < -0.3 is 5.32 Å². The van der Waals surface area contributed by atoms with Crippen LogP contribution in [0.2, 0.25) is 0 Å². The monoisotopic (exact) mass is 313 g/mol. The molecule has 2 rings (SSSR count). The molecule has 0 amide bonds. The summed E-state index contributed by atoms with van der Waals surface area (Å²) in [4.78, 5) is 10.3. The van der Waals surface area contributed by atoms with Crippen molar-refractivity contribution < 1.29 is 13.3 Å². The Bertz CT molecular complexity index is 672. The first kappa shape index (κ1) is 15.9. The third kappa shape index (κ3) is 2.92. The number of nitro benzene ring substituents is 1. The van der Waals surface area contributed by atoms with Gasteiger partial charge in [0.15, 0.2) is 4.90 Å². The van der Waals surface area contributed by atoms with Crippen LogP contribution in [0.5, 0.6) is 0 Å². The molecule has 1 atom stereocenters. The molecule has 0 saturated carbocycles. The molecule has 0 bridgehead atoms. The molecular formula is C13H19N3O4S. The van der Waals surface area contributed by atoms with Crippen LogP contribution in [-0.2, 0) is 10.0 Å². The molecule has 1 saturated heterocycles. The lowest BCUT2D eigenvalue weighted by Crippen LogP contribution is -2.33. The van der Waals surface area contributed by atoms with Crippen LogP contribution in [0.25, 0.3) is 0 Å². The summed E-state index contributed by atoms with van der Waals surface area (Å²) in [6.45, 7) is 4.19. The molecule has 0 aromatic heterocycles. The number of nitro groups is 1. The van der Waals surface area contributed by atoms with E-state index in [1.54, 1.807) is 20.9 Å². The summed E-state index contributed by atoms with van der Waals surface area (Å²) >= 11 is 0. The molecule has 1 aromatic rings. The summed E-state index contributed by atoms with van der Waals surface area (Å²) in [5.41, 5.74) is 1.07. The number of likely N-dealkylation sites (N-methyl/N-ethyl adjacent to an activating group) is 1. The molecule has 0 aliphatic carbocycles. The van der Waals surface area contributed by atoms with E-state index in [1.807, 2.05) is 0 Å². The lowest BCUT2D eigenvalue weighted by Gasteiger charge is -2.17. The van der Waals surface area contributed by atoms with Gasteiger partial charge in [0, 0.05) is 25.2 Å². The molecule has 1 aromatic carbocycles. The van der Waals surface area contributed by atoms with Gasteiger partial charge in [-0.2, -0.15) is 4.31 Å². The van der Waals surface area contributed by atoms with Crippen LogP contribution >= 0.6 is 0 Å². The van der Waals surface area contributed by atoms with Gasteiger partial charge in [0.05, 0.1) is 4.92 Å². The second-order valence-corrected chi connectivity index (χ2v) is 7.20. The Morgan fingerprint density at radius 1 is 1.33 bits per heavy atom. The zero-order valence-corrected chi connectivity index (χ0v) is 13.1. The van der Waals surface area contributed by atoms with E-state index in [1.165, 1.54) is 16.4 Å². The Morgan fingerprint density at radius 2 is 1.95 bits per heavy atom. The smallest absolute Gasteiger partial charge is 0.289 e. The number of aryl methyl sites for hydroxylation is 2. The maximum Gasteiger partial charge on any atom is 0.289 e. The molecule has 0 radical (unpaired) electrons. The van der Waals surface area contributed by atoms with Crippen LogP contribution in [0.4, 0.5) is 5.69 Å². The minimum absolute atomic E-state index is 0.0883. The molecule has 116 valence electrons. The summed E-state index contributed by atoms with van der Waals surface area (Å²) < 4.78 is 26.7. The Labute approximate surface area is 124 Å². The fraction of sp³-hybridized carbons (Fsp3) is 0.538. The number of benzene rings is 1. The van der Waals surface area contributed by atoms with Crippen LogP contribution in [-0.4, -0.2) is 43.8 Å². The van der Waals surface area contributed by atoms with E-state index in [0.29, 0.717) is 25.1 Å². The van der Waals surface area contributed by atoms with Gasteiger partial charge in [0.2, 0.25) is 10.0 Å². The highest BCUT2D eigenvalue weighted by Gasteiger charge is 2.36. The van der Waals surface area contributed by atoms with Crippen molar-refractivity contribution in [1.29, 1.82) is 0 Å². The number of nitrogens with one attached hydrogen (secondary N) is 1. The summed E-state index contributed by atoms with van der Waals surface area (Å²) in [6, 6.07) is 2.81. The van der Waals surface area contributed by atoms with E-state index >= 15 is 0 Å². The summed E-state index contributed by atoms with van der Waals surface area (Å²) in [5, 5.41) is 14.2. The molecule has 1 fully saturated rings. The van der Waals surface area contributed by atoms with Gasteiger partial charge in [-0.3, -0.25) is 10.1 Å². The molecule has 8 heteroatoms. The number of rotatable bonds is 4. The summed E-state index contributed by atoms with van der Waals surface area (Å²) in [5.74, 6) is 0. The minimum Gasteiger partial charge on any atom is -0.316 e. The Balaban J connectivity index is 2.50. The minimum atomic E-state index is -3.84. The maximum atomic E-state index is 12.7. The van der Waals surface area contributed by atoms with Crippen molar-refractivity contribution in [2.45, 2.75) is 31.2 Å². The normalized spacial score (nSPS) is 19.9. The first-order chi connectivity index (χ1) is 9.77. The predicted molar refractivity (Wildman–Crippen MR) is 78.8 cm³/mol. The fourth-order valence-corrected chi connectivity index (χ4v) is 4.17. The van der Waals surface area contributed by atoms with Crippen LogP contribution in [0, 0.1) is 24.0 Å². The number of hydrogen-bond donors (Lipinski definition) is 1. The molecule has 1 aliphatic rings. The van der Waals surface area contributed by atoms with Gasteiger partial charge in [0.25, 0.3) is 5.69 Å². The van der Waals surface area contributed by atoms with Gasteiger partial charge in [0.1, 0.15) is 0 Å². The molecule has 1 unspecified atom stereocenters. The highest BCUT2D eigenvalue weighted by Crippen LogP contribution is 2.31. The van der Waals surface area contributed by atoms with Crippen molar-refractivity contribution in [1.82, 2.24) is 9.62 Å². The first-order valence-electron chi connectivity index (χ1n) is 6.70. The Hall–Kier alpha value is -1.51. The second kappa shape index (κ2) is 5.70. The average Bonchev–Trinajstić information content (AvgIpc) is 2.90. The van der Waals surface area contributed by atoms with E-state index in [0.717, 1.165) is 5.56 Å². The fourth-order valence-electron chi connectivity index (χ4n) is 2.44. The van der Waals surface area contributed by atoms with Gasteiger partial charge in [-0.25, -0.2) is 8.42 Å². The molecule has 1 N–H and O–H groups in total. The van der Waals surface area contributed by atoms with Crippen LogP contribution in [0.15, 0.2) is 17.0 Å².